The van der Waals surface area contributed by atoms with E-state index in [0.717, 1.165) is 15.8 Å². The van der Waals surface area contributed by atoms with Gasteiger partial charge in [-0.2, -0.15) is 0 Å². The SMILES string of the molecule is CCOC(=O)CC(c1cc(Br)ccc1OC)N(Cc1ccccc1)[C@H](C)c1ccccc1. The molecular weight excluding hydrogens is 466 g/mol. The summed E-state index contributed by atoms with van der Waals surface area (Å²) >= 11 is 3.60. The molecule has 0 spiro atoms. The smallest absolute Gasteiger partial charge is 0.307 e. The lowest BCUT2D eigenvalue weighted by Crippen LogP contribution is -2.33. The van der Waals surface area contributed by atoms with Crippen LogP contribution < -0.4 is 4.74 Å². The van der Waals surface area contributed by atoms with Crippen LogP contribution in [0.15, 0.2) is 83.3 Å². The van der Waals surface area contributed by atoms with Crippen LogP contribution in [-0.4, -0.2) is 24.6 Å². The largest absolute Gasteiger partial charge is 0.496 e. The number of carbonyl (C=O) groups is 1. The van der Waals surface area contributed by atoms with E-state index in [0.29, 0.717) is 13.2 Å². The van der Waals surface area contributed by atoms with E-state index in [2.05, 4.69) is 52.0 Å². The summed E-state index contributed by atoms with van der Waals surface area (Å²) in [5.41, 5.74) is 3.32. The summed E-state index contributed by atoms with van der Waals surface area (Å²) in [5, 5.41) is 0. The average Bonchev–Trinajstić information content (AvgIpc) is 2.82. The van der Waals surface area contributed by atoms with Gasteiger partial charge < -0.3 is 9.47 Å². The molecule has 0 aliphatic carbocycles. The molecule has 3 rings (SSSR count). The molecule has 0 amide bonds. The number of ether oxygens (including phenoxy) is 2. The summed E-state index contributed by atoms with van der Waals surface area (Å²) in [4.78, 5) is 15.1. The molecule has 0 bridgehead atoms. The predicted molar refractivity (Wildman–Crippen MR) is 132 cm³/mol. The van der Waals surface area contributed by atoms with Crippen molar-refractivity contribution in [3.63, 3.8) is 0 Å². The van der Waals surface area contributed by atoms with Crippen molar-refractivity contribution >= 4 is 21.9 Å². The van der Waals surface area contributed by atoms with Crippen LogP contribution in [0.25, 0.3) is 0 Å². The maximum atomic E-state index is 12.7. The maximum Gasteiger partial charge on any atom is 0.307 e. The first-order chi connectivity index (χ1) is 15.5. The highest BCUT2D eigenvalue weighted by atomic mass is 79.9. The molecule has 3 aromatic rings. The Morgan fingerprint density at radius 3 is 2.28 bits per heavy atom. The summed E-state index contributed by atoms with van der Waals surface area (Å²) in [6.45, 7) is 5.05. The first-order valence-electron chi connectivity index (χ1n) is 10.9. The number of hydrogen-bond acceptors (Lipinski definition) is 4. The van der Waals surface area contributed by atoms with Gasteiger partial charge in [0.1, 0.15) is 5.75 Å². The number of methoxy groups -OCH3 is 1. The van der Waals surface area contributed by atoms with Gasteiger partial charge in [-0.15, -0.1) is 0 Å². The molecule has 0 radical (unpaired) electrons. The second kappa shape index (κ2) is 11.8. The van der Waals surface area contributed by atoms with E-state index in [4.69, 9.17) is 9.47 Å². The van der Waals surface area contributed by atoms with Crippen molar-refractivity contribution in [2.75, 3.05) is 13.7 Å². The fourth-order valence-electron chi connectivity index (χ4n) is 3.98. The Labute approximate surface area is 199 Å². The summed E-state index contributed by atoms with van der Waals surface area (Å²) < 4.78 is 12.0. The second-order valence-electron chi connectivity index (χ2n) is 7.66. The van der Waals surface area contributed by atoms with Crippen molar-refractivity contribution < 1.29 is 14.3 Å². The highest BCUT2D eigenvalue weighted by Crippen LogP contribution is 2.39. The van der Waals surface area contributed by atoms with Crippen LogP contribution >= 0.6 is 15.9 Å². The van der Waals surface area contributed by atoms with Gasteiger partial charge in [0.15, 0.2) is 0 Å². The Hall–Kier alpha value is -2.63. The van der Waals surface area contributed by atoms with Gasteiger partial charge in [0.25, 0.3) is 0 Å². The maximum absolute atomic E-state index is 12.7. The number of carbonyl (C=O) groups excluding carboxylic acids is 1. The van der Waals surface area contributed by atoms with Crippen LogP contribution in [0.2, 0.25) is 0 Å². The Balaban J connectivity index is 2.11. The Kier molecular flexibility index (Phi) is 8.89. The first-order valence-corrected chi connectivity index (χ1v) is 11.7. The van der Waals surface area contributed by atoms with Gasteiger partial charge in [0.2, 0.25) is 0 Å². The Morgan fingerprint density at radius 2 is 1.66 bits per heavy atom. The van der Waals surface area contributed by atoms with Crippen molar-refractivity contribution in [1.29, 1.82) is 0 Å². The monoisotopic (exact) mass is 495 g/mol. The Bertz CT molecular complexity index is 994. The van der Waals surface area contributed by atoms with Crippen LogP contribution in [0.1, 0.15) is 49.0 Å². The van der Waals surface area contributed by atoms with Gasteiger partial charge >= 0.3 is 5.97 Å². The third kappa shape index (κ3) is 6.21. The summed E-state index contributed by atoms with van der Waals surface area (Å²) in [6.07, 6.45) is 0.227. The fraction of sp³-hybridized carbons (Fsp3) is 0.296. The second-order valence-corrected chi connectivity index (χ2v) is 8.57. The number of halogens is 1. The number of hydrogen-bond donors (Lipinski definition) is 0. The minimum atomic E-state index is -0.239. The fourth-order valence-corrected chi connectivity index (χ4v) is 4.36. The van der Waals surface area contributed by atoms with Gasteiger partial charge in [0.05, 0.1) is 20.1 Å². The molecule has 0 saturated carbocycles. The normalized spacial score (nSPS) is 12.9. The van der Waals surface area contributed by atoms with E-state index in [9.17, 15) is 4.79 Å². The third-order valence-electron chi connectivity index (χ3n) is 5.60. The molecule has 0 fully saturated rings. The quantitative estimate of drug-likeness (QED) is 0.292. The molecule has 0 aliphatic rings. The molecule has 5 heteroatoms. The molecule has 1 unspecified atom stereocenters. The average molecular weight is 496 g/mol. The van der Waals surface area contributed by atoms with E-state index < -0.39 is 0 Å². The number of nitrogens with zero attached hydrogens (tertiary/aromatic N) is 1. The first kappa shape index (κ1) is 24.0. The minimum Gasteiger partial charge on any atom is -0.496 e. The predicted octanol–water partition coefficient (Wildman–Crippen LogP) is 6.72. The van der Waals surface area contributed by atoms with Gasteiger partial charge in [-0.25, -0.2) is 0 Å². The molecule has 0 aromatic heterocycles. The molecule has 4 nitrogen and oxygen atoms in total. The van der Waals surface area contributed by atoms with E-state index >= 15 is 0 Å². The van der Waals surface area contributed by atoms with Crippen molar-refractivity contribution in [2.45, 2.75) is 38.9 Å². The van der Waals surface area contributed by atoms with Gasteiger partial charge in [-0.05, 0) is 43.2 Å². The highest BCUT2D eigenvalue weighted by molar-refractivity contribution is 9.10. The van der Waals surface area contributed by atoms with Crippen molar-refractivity contribution in [1.82, 2.24) is 4.90 Å². The summed E-state index contributed by atoms with van der Waals surface area (Å²) in [7, 11) is 1.66. The van der Waals surface area contributed by atoms with Crippen LogP contribution in [0.3, 0.4) is 0 Å². The lowest BCUT2D eigenvalue weighted by Gasteiger charge is -2.37. The number of rotatable bonds is 10. The van der Waals surface area contributed by atoms with E-state index in [-0.39, 0.29) is 24.5 Å². The van der Waals surface area contributed by atoms with Crippen LogP contribution in [0.4, 0.5) is 0 Å². The minimum absolute atomic E-state index is 0.0551. The van der Waals surface area contributed by atoms with Crippen molar-refractivity contribution in [3.8, 4) is 5.75 Å². The molecule has 32 heavy (non-hydrogen) atoms. The van der Waals surface area contributed by atoms with Crippen LogP contribution in [0, 0.1) is 0 Å². The van der Waals surface area contributed by atoms with Crippen molar-refractivity contribution in [2.24, 2.45) is 0 Å². The van der Waals surface area contributed by atoms with Crippen LogP contribution in [-0.2, 0) is 16.1 Å². The lowest BCUT2D eigenvalue weighted by molar-refractivity contribution is -0.145. The number of benzene rings is 3. The topological polar surface area (TPSA) is 38.8 Å². The summed E-state index contributed by atoms with van der Waals surface area (Å²) in [5.74, 6) is 0.527. The third-order valence-corrected chi connectivity index (χ3v) is 6.10. The molecular formula is C27H30BrNO3. The standard InChI is InChI=1S/C27H30BrNO3/c1-4-32-27(30)18-25(24-17-23(28)15-16-26(24)31-3)29(19-21-11-7-5-8-12-21)20(2)22-13-9-6-10-14-22/h5-17,20,25H,4,18-19H2,1-3H3/t20-,25?/m1/s1. The molecule has 0 N–H and O–H groups in total. The Morgan fingerprint density at radius 1 is 1.00 bits per heavy atom. The molecule has 168 valence electrons. The van der Waals surface area contributed by atoms with Crippen LogP contribution in [0.5, 0.6) is 5.75 Å². The zero-order chi connectivity index (χ0) is 22.9. The molecule has 3 aromatic carbocycles. The van der Waals surface area contributed by atoms with E-state index in [1.807, 2.05) is 61.5 Å². The lowest BCUT2D eigenvalue weighted by atomic mass is 9.96. The molecule has 0 aliphatic heterocycles. The molecule has 0 heterocycles. The number of esters is 1. The van der Waals surface area contributed by atoms with E-state index in [1.54, 1.807) is 7.11 Å². The molecule has 2 atom stereocenters. The van der Waals surface area contributed by atoms with Crippen molar-refractivity contribution in [3.05, 3.63) is 100 Å². The summed E-state index contributed by atoms with van der Waals surface area (Å²) in [6, 6.07) is 26.4. The van der Waals surface area contributed by atoms with Gasteiger partial charge in [0, 0.05) is 28.7 Å². The van der Waals surface area contributed by atoms with Gasteiger partial charge in [-0.3, -0.25) is 9.69 Å². The van der Waals surface area contributed by atoms with Gasteiger partial charge in [-0.1, -0.05) is 76.6 Å². The zero-order valence-electron chi connectivity index (χ0n) is 18.8. The zero-order valence-corrected chi connectivity index (χ0v) is 20.4. The molecule has 0 saturated heterocycles. The highest BCUT2D eigenvalue weighted by Gasteiger charge is 2.31. The van der Waals surface area contributed by atoms with E-state index in [1.165, 1.54) is 11.1 Å².